The number of nitrogens with zero attached hydrogens (tertiary/aromatic N) is 1. The van der Waals surface area contributed by atoms with Crippen LogP contribution in [-0.4, -0.2) is 36.6 Å². The number of hydrogen-bond acceptors (Lipinski definition) is 3. The first kappa shape index (κ1) is 12.5. The Morgan fingerprint density at radius 3 is 3.11 bits per heavy atom. The highest BCUT2D eigenvalue weighted by Gasteiger charge is 2.28. The average molecular weight is 261 g/mol. The Kier molecular flexibility index (Phi) is 3.69. The van der Waals surface area contributed by atoms with Gasteiger partial charge in [-0.1, -0.05) is 0 Å². The van der Waals surface area contributed by atoms with Crippen LogP contribution in [0.1, 0.15) is 25.0 Å². The molecule has 19 heavy (non-hydrogen) atoms. The quantitative estimate of drug-likeness (QED) is 0.764. The number of hydrogen-bond donors (Lipinski definition) is 0. The zero-order valence-corrected chi connectivity index (χ0v) is 11.0. The van der Waals surface area contributed by atoms with Crippen molar-refractivity contribution < 1.29 is 13.9 Å². The SMILES string of the molecule is O=C(/C=C/c1ccco1)N1CCC(OCC2CC2)C1. The highest BCUT2D eigenvalue weighted by atomic mass is 16.5. The molecule has 3 rings (SSSR count). The molecule has 102 valence electrons. The molecule has 2 aliphatic rings. The maximum atomic E-state index is 12.0. The minimum Gasteiger partial charge on any atom is -0.465 e. The molecule has 1 atom stereocenters. The van der Waals surface area contributed by atoms with E-state index in [0.717, 1.165) is 25.5 Å². The van der Waals surface area contributed by atoms with Crippen LogP contribution in [0.25, 0.3) is 6.08 Å². The lowest BCUT2D eigenvalue weighted by molar-refractivity contribution is -0.125. The van der Waals surface area contributed by atoms with E-state index >= 15 is 0 Å². The summed E-state index contributed by atoms with van der Waals surface area (Å²) in [6.07, 6.45) is 8.67. The minimum absolute atomic E-state index is 0.0360. The second-order valence-corrected chi connectivity index (χ2v) is 5.32. The van der Waals surface area contributed by atoms with Crippen molar-refractivity contribution in [3.63, 3.8) is 0 Å². The summed E-state index contributed by atoms with van der Waals surface area (Å²) < 4.78 is 11.0. The van der Waals surface area contributed by atoms with E-state index in [1.807, 2.05) is 17.0 Å². The molecule has 2 fully saturated rings. The van der Waals surface area contributed by atoms with Gasteiger partial charge < -0.3 is 14.1 Å². The first-order chi connectivity index (χ1) is 9.31. The largest absolute Gasteiger partial charge is 0.465 e. The summed E-state index contributed by atoms with van der Waals surface area (Å²) in [6.45, 7) is 2.37. The molecule has 4 nitrogen and oxygen atoms in total. The standard InChI is InChI=1S/C15H19NO3/c17-15(6-5-13-2-1-9-18-13)16-8-7-14(10-16)19-11-12-3-4-12/h1-2,5-6,9,12,14H,3-4,7-8,10-11H2/b6-5+. The Bertz CT molecular complexity index is 448. The van der Waals surface area contributed by atoms with Crippen molar-refractivity contribution in [1.82, 2.24) is 4.90 Å². The Balaban J connectivity index is 1.45. The van der Waals surface area contributed by atoms with E-state index in [0.29, 0.717) is 12.3 Å². The van der Waals surface area contributed by atoms with E-state index in [2.05, 4.69) is 0 Å². The predicted octanol–water partition coefficient (Wildman–Crippen LogP) is 2.32. The van der Waals surface area contributed by atoms with Gasteiger partial charge in [-0.2, -0.15) is 0 Å². The van der Waals surface area contributed by atoms with Crippen molar-refractivity contribution in [2.75, 3.05) is 19.7 Å². The Hall–Kier alpha value is -1.55. The Morgan fingerprint density at radius 1 is 1.47 bits per heavy atom. The molecule has 1 aromatic heterocycles. The third kappa shape index (κ3) is 3.47. The molecule has 0 spiro atoms. The van der Waals surface area contributed by atoms with Gasteiger partial charge in [0.25, 0.3) is 0 Å². The molecule has 1 aromatic rings. The molecule has 0 N–H and O–H groups in total. The topological polar surface area (TPSA) is 42.7 Å². The van der Waals surface area contributed by atoms with Gasteiger partial charge in [0.1, 0.15) is 5.76 Å². The van der Waals surface area contributed by atoms with E-state index in [4.69, 9.17) is 9.15 Å². The van der Waals surface area contributed by atoms with Gasteiger partial charge in [-0.05, 0) is 43.4 Å². The molecule has 0 bridgehead atoms. The Morgan fingerprint density at radius 2 is 2.37 bits per heavy atom. The van der Waals surface area contributed by atoms with E-state index < -0.39 is 0 Å². The highest BCUT2D eigenvalue weighted by molar-refractivity contribution is 5.91. The van der Waals surface area contributed by atoms with Crippen molar-refractivity contribution in [1.29, 1.82) is 0 Å². The van der Waals surface area contributed by atoms with Gasteiger partial charge >= 0.3 is 0 Å². The molecular weight excluding hydrogens is 242 g/mol. The maximum Gasteiger partial charge on any atom is 0.246 e. The molecule has 0 radical (unpaired) electrons. The van der Waals surface area contributed by atoms with Gasteiger partial charge in [-0.15, -0.1) is 0 Å². The monoisotopic (exact) mass is 261 g/mol. The van der Waals surface area contributed by atoms with Gasteiger partial charge in [-0.25, -0.2) is 0 Å². The summed E-state index contributed by atoms with van der Waals surface area (Å²) in [6, 6.07) is 3.64. The first-order valence-electron chi connectivity index (χ1n) is 6.93. The summed E-state index contributed by atoms with van der Waals surface area (Å²) in [5.41, 5.74) is 0. The molecule has 1 aliphatic carbocycles. The first-order valence-corrected chi connectivity index (χ1v) is 6.93. The number of carbonyl (C=O) groups is 1. The van der Waals surface area contributed by atoms with E-state index in [-0.39, 0.29) is 12.0 Å². The average Bonchev–Trinajstić information content (AvgIpc) is 2.94. The lowest BCUT2D eigenvalue weighted by Crippen LogP contribution is -2.28. The summed E-state index contributed by atoms with van der Waals surface area (Å²) in [5, 5.41) is 0. The van der Waals surface area contributed by atoms with Crippen LogP contribution in [0.15, 0.2) is 28.9 Å². The molecule has 1 saturated heterocycles. The number of furan rings is 1. The van der Waals surface area contributed by atoms with Crippen molar-refractivity contribution in [2.24, 2.45) is 5.92 Å². The molecule has 1 unspecified atom stereocenters. The molecule has 1 amide bonds. The van der Waals surface area contributed by atoms with Crippen LogP contribution in [0, 0.1) is 5.92 Å². The second-order valence-electron chi connectivity index (χ2n) is 5.32. The second kappa shape index (κ2) is 5.61. The van der Waals surface area contributed by atoms with Crippen molar-refractivity contribution >= 4 is 12.0 Å². The summed E-state index contributed by atoms with van der Waals surface area (Å²) in [5.74, 6) is 1.52. The molecule has 1 saturated carbocycles. The number of rotatable bonds is 5. The third-order valence-corrected chi connectivity index (χ3v) is 3.65. The summed E-state index contributed by atoms with van der Waals surface area (Å²) in [4.78, 5) is 13.8. The van der Waals surface area contributed by atoms with Crippen LogP contribution in [-0.2, 0) is 9.53 Å². The minimum atomic E-state index is 0.0360. The summed E-state index contributed by atoms with van der Waals surface area (Å²) >= 11 is 0. The summed E-state index contributed by atoms with van der Waals surface area (Å²) in [7, 11) is 0. The Labute approximate surface area is 113 Å². The fraction of sp³-hybridized carbons (Fsp3) is 0.533. The molecule has 1 aliphatic heterocycles. The normalized spacial score (nSPS) is 23.4. The number of carbonyl (C=O) groups excluding carboxylic acids is 1. The fourth-order valence-electron chi connectivity index (χ4n) is 2.27. The van der Waals surface area contributed by atoms with Crippen molar-refractivity contribution in [3.8, 4) is 0 Å². The van der Waals surface area contributed by atoms with Crippen LogP contribution in [0.3, 0.4) is 0 Å². The lowest BCUT2D eigenvalue weighted by atomic mass is 10.3. The van der Waals surface area contributed by atoms with Crippen LogP contribution in [0.4, 0.5) is 0 Å². The number of likely N-dealkylation sites (tertiary alicyclic amines) is 1. The van der Waals surface area contributed by atoms with Gasteiger partial charge in [0.05, 0.1) is 12.4 Å². The number of ether oxygens (including phenoxy) is 1. The van der Waals surface area contributed by atoms with Crippen LogP contribution >= 0.6 is 0 Å². The smallest absolute Gasteiger partial charge is 0.246 e. The zero-order chi connectivity index (χ0) is 13.1. The van der Waals surface area contributed by atoms with Gasteiger partial charge in [-0.3, -0.25) is 4.79 Å². The van der Waals surface area contributed by atoms with E-state index in [9.17, 15) is 4.79 Å². The van der Waals surface area contributed by atoms with E-state index in [1.54, 1.807) is 18.4 Å². The highest BCUT2D eigenvalue weighted by Crippen LogP contribution is 2.30. The zero-order valence-electron chi connectivity index (χ0n) is 11.0. The van der Waals surface area contributed by atoms with E-state index in [1.165, 1.54) is 12.8 Å². The molecular formula is C15H19NO3. The molecule has 0 aromatic carbocycles. The van der Waals surface area contributed by atoms with Crippen LogP contribution in [0.2, 0.25) is 0 Å². The van der Waals surface area contributed by atoms with Crippen LogP contribution < -0.4 is 0 Å². The maximum absolute atomic E-state index is 12.0. The van der Waals surface area contributed by atoms with Gasteiger partial charge in [0, 0.05) is 25.8 Å². The van der Waals surface area contributed by atoms with Crippen molar-refractivity contribution in [2.45, 2.75) is 25.4 Å². The van der Waals surface area contributed by atoms with Crippen LogP contribution in [0.5, 0.6) is 0 Å². The molecule has 2 heterocycles. The van der Waals surface area contributed by atoms with Crippen molar-refractivity contribution in [3.05, 3.63) is 30.2 Å². The number of amides is 1. The van der Waals surface area contributed by atoms with Gasteiger partial charge in [0.15, 0.2) is 0 Å². The lowest BCUT2D eigenvalue weighted by Gasteiger charge is -2.14. The van der Waals surface area contributed by atoms with Gasteiger partial charge in [0.2, 0.25) is 5.91 Å². The fourth-order valence-corrected chi connectivity index (χ4v) is 2.27. The molecule has 4 heteroatoms. The predicted molar refractivity (Wildman–Crippen MR) is 71.4 cm³/mol. The third-order valence-electron chi connectivity index (χ3n) is 3.65.